The highest BCUT2D eigenvalue weighted by Gasteiger charge is 2.16. The van der Waals surface area contributed by atoms with Crippen LogP contribution in [0, 0.1) is 17.5 Å². The van der Waals surface area contributed by atoms with Crippen LogP contribution < -0.4 is 5.32 Å². The van der Waals surface area contributed by atoms with Crippen molar-refractivity contribution in [2.45, 2.75) is 0 Å². The van der Waals surface area contributed by atoms with Gasteiger partial charge in [0, 0.05) is 5.56 Å². The first-order valence-electron chi connectivity index (χ1n) is 5.37. The molecule has 0 aromatic heterocycles. The number of carbonyl (C=O) groups is 1. The van der Waals surface area contributed by atoms with Crippen molar-refractivity contribution in [3.8, 4) is 11.5 Å². The van der Waals surface area contributed by atoms with E-state index < -0.39 is 40.5 Å². The molecule has 0 unspecified atom stereocenters. The molecule has 0 fully saturated rings. The van der Waals surface area contributed by atoms with E-state index in [1.807, 2.05) is 5.32 Å². The van der Waals surface area contributed by atoms with E-state index in [1.54, 1.807) is 0 Å². The molecule has 104 valence electrons. The van der Waals surface area contributed by atoms with E-state index in [2.05, 4.69) is 0 Å². The lowest BCUT2D eigenvalue weighted by Gasteiger charge is -2.08. The Morgan fingerprint density at radius 2 is 1.65 bits per heavy atom. The molecule has 0 heterocycles. The van der Waals surface area contributed by atoms with Gasteiger partial charge in [-0.2, -0.15) is 0 Å². The van der Waals surface area contributed by atoms with Crippen LogP contribution in [0.3, 0.4) is 0 Å². The maximum absolute atomic E-state index is 13.4. The summed E-state index contributed by atoms with van der Waals surface area (Å²) >= 11 is 0. The van der Waals surface area contributed by atoms with Crippen molar-refractivity contribution in [1.82, 2.24) is 0 Å². The van der Waals surface area contributed by atoms with Crippen LogP contribution in [0.5, 0.6) is 11.5 Å². The Bertz CT molecular complexity index is 689. The van der Waals surface area contributed by atoms with Gasteiger partial charge >= 0.3 is 0 Å². The van der Waals surface area contributed by atoms with Crippen molar-refractivity contribution in [3.63, 3.8) is 0 Å². The highest BCUT2D eigenvalue weighted by atomic mass is 19.2. The van der Waals surface area contributed by atoms with Crippen LogP contribution in [0.1, 0.15) is 10.4 Å². The molecule has 0 saturated carbocycles. The first-order chi connectivity index (χ1) is 9.40. The molecule has 3 N–H and O–H groups in total. The topological polar surface area (TPSA) is 69.6 Å². The molecule has 0 aliphatic heterocycles. The lowest BCUT2D eigenvalue weighted by Crippen LogP contribution is -2.13. The molecular formula is C13H8F3NO3. The maximum atomic E-state index is 13.4. The molecule has 2 aromatic carbocycles. The Hall–Kier alpha value is -2.70. The summed E-state index contributed by atoms with van der Waals surface area (Å²) in [5.41, 5.74) is -0.633. The minimum Gasteiger partial charge on any atom is -0.504 e. The van der Waals surface area contributed by atoms with Crippen molar-refractivity contribution < 1.29 is 28.2 Å². The number of rotatable bonds is 2. The number of halogens is 3. The van der Waals surface area contributed by atoms with Crippen LogP contribution in [0.4, 0.5) is 18.9 Å². The van der Waals surface area contributed by atoms with Gasteiger partial charge in [0.15, 0.2) is 29.0 Å². The van der Waals surface area contributed by atoms with Crippen LogP contribution in [0.2, 0.25) is 0 Å². The van der Waals surface area contributed by atoms with Gasteiger partial charge in [0.1, 0.15) is 0 Å². The van der Waals surface area contributed by atoms with Crippen molar-refractivity contribution in [2.24, 2.45) is 0 Å². The van der Waals surface area contributed by atoms with Crippen LogP contribution in [0.25, 0.3) is 0 Å². The lowest BCUT2D eigenvalue weighted by molar-refractivity contribution is 0.102. The Morgan fingerprint density at radius 3 is 2.30 bits per heavy atom. The van der Waals surface area contributed by atoms with Gasteiger partial charge in [0.05, 0.1) is 5.69 Å². The Labute approximate surface area is 111 Å². The van der Waals surface area contributed by atoms with E-state index in [1.165, 1.54) is 6.07 Å². The summed E-state index contributed by atoms with van der Waals surface area (Å²) in [5, 5.41) is 20.4. The average molecular weight is 283 g/mol. The minimum absolute atomic E-state index is 0.0931. The third-order valence-electron chi connectivity index (χ3n) is 2.52. The summed E-state index contributed by atoms with van der Waals surface area (Å²) < 4.78 is 39.1. The number of nitrogens with one attached hydrogen (secondary N) is 1. The second-order valence-corrected chi connectivity index (χ2v) is 3.88. The number of benzene rings is 2. The fourth-order valence-corrected chi connectivity index (χ4v) is 1.48. The standard InChI is InChI=1S/C13H8F3NO3/c14-7-2-3-8(12(16)11(7)15)17-13(20)6-1-4-9(18)10(19)5-6/h1-5,18-19H,(H,17,20). The minimum atomic E-state index is -1.70. The predicted octanol–water partition coefficient (Wildman–Crippen LogP) is 2.77. The van der Waals surface area contributed by atoms with Crippen molar-refractivity contribution >= 4 is 11.6 Å². The van der Waals surface area contributed by atoms with E-state index in [0.29, 0.717) is 6.07 Å². The zero-order chi connectivity index (χ0) is 14.9. The van der Waals surface area contributed by atoms with Gasteiger partial charge in [-0.1, -0.05) is 0 Å². The number of amides is 1. The van der Waals surface area contributed by atoms with E-state index in [4.69, 9.17) is 5.11 Å². The second kappa shape index (κ2) is 5.12. The third-order valence-corrected chi connectivity index (χ3v) is 2.52. The number of hydrogen-bond donors (Lipinski definition) is 3. The maximum Gasteiger partial charge on any atom is 0.255 e. The smallest absolute Gasteiger partial charge is 0.255 e. The van der Waals surface area contributed by atoms with Crippen LogP contribution >= 0.6 is 0 Å². The summed E-state index contributed by atoms with van der Waals surface area (Å²) in [6, 6.07) is 4.71. The summed E-state index contributed by atoms with van der Waals surface area (Å²) in [7, 11) is 0. The molecule has 0 aliphatic rings. The van der Waals surface area contributed by atoms with Crippen molar-refractivity contribution in [2.75, 3.05) is 5.32 Å². The highest BCUT2D eigenvalue weighted by Crippen LogP contribution is 2.26. The van der Waals surface area contributed by atoms with Gasteiger partial charge in [-0.3, -0.25) is 4.79 Å². The molecule has 20 heavy (non-hydrogen) atoms. The Balaban J connectivity index is 2.28. The molecule has 0 radical (unpaired) electrons. The first-order valence-corrected chi connectivity index (χ1v) is 5.37. The number of aromatic hydroxyl groups is 2. The molecule has 2 aromatic rings. The number of anilines is 1. The van der Waals surface area contributed by atoms with Crippen molar-refractivity contribution in [1.29, 1.82) is 0 Å². The molecule has 0 atom stereocenters. The summed E-state index contributed by atoms with van der Waals surface area (Å²) in [4.78, 5) is 11.7. The van der Waals surface area contributed by atoms with Gasteiger partial charge in [0.2, 0.25) is 0 Å². The summed E-state index contributed by atoms with van der Waals surface area (Å²) in [6.45, 7) is 0. The Kier molecular flexibility index (Phi) is 3.51. The number of carbonyl (C=O) groups excluding carboxylic acids is 1. The second-order valence-electron chi connectivity index (χ2n) is 3.88. The lowest BCUT2D eigenvalue weighted by atomic mass is 10.2. The monoisotopic (exact) mass is 283 g/mol. The van der Waals surface area contributed by atoms with Gasteiger partial charge in [0.25, 0.3) is 5.91 Å². The summed E-state index contributed by atoms with van der Waals surface area (Å²) in [5.74, 6) is -6.42. The molecule has 4 nitrogen and oxygen atoms in total. The SMILES string of the molecule is O=C(Nc1ccc(F)c(F)c1F)c1ccc(O)c(O)c1. The number of phenolic OH excluding ortho intramolecular Hbond substituents is 2. The average Bonchev–Trinajstić information content (AvgIpc) is 2.42. The van der Waals surface area contributed by atoms with Gasteiger partial charge < -0.3 is 15.5 Å². The predicted molar refractivity (Wildman–Crippen MR) is 64.0 cm³/mol. The summed E-state index contributed by atoms with van der Waals surface area (Å²) in [6.07, 6.45) is 0. The fourth-order valence-electron chi connectivity index (χ4n) is 1.48. The van der Waals surface area contributed by atoms with E-state index in [9.17, 15) is 23.1 Å². The van der Waals surface area contributed by atoms with E-state index >= 15 is 0 Å². The third kappa shape index (κ3) is 2.51. The zero-order valence-electron chi connectivity index (χ0n) is 9.82. The number of hydrogen-bond acceptors (Lipinski definition) is 3. The van der Waals surface area contributed by atoms with E-state index in [0.717, 1.165) is 18.2 Å². The molecule has 2 rings (SSSR count). The van der Waals surface area contributed by atoms with E-state index in [-0.39, 0.29) is 5.56 Å². The molecule has 0 bridgehead atoms. The molecule has 0 spiro atoms. The quantitative estimate of drug-likeness (QED) is 0.586. The molecule has 1 amide bonds. The normalized spacial score (nSPS) is 10.3. The molecule has 7 heteroatoms. The van der Waals surface area contributed by atoms with Crippen molar-refractivity contribution in [3.05, 3.63) is 53.3 Å². The first kappa shape index (κ1) is 13.7. The largest absolute Gasteiger partial charge is 0.504 e. The molecule has 0 aliphatic carbocycles. The van der Waals surface area contributed by atoms with Gasteiger partial charge in [-0.25, -0.2) is 13.2 Å². The van der Waals surface area contributed by atoms with Crippen LogP contribution in [-0.4, -0.2) is 16.1 Å². The number of phenols is 2. The highest BCUT2D eigenvalue weighted by molar-refractivity contribution is 6.04. The fraction of sp³-hybridized carbons (Fsp3) is 0. The van der Waals surface area contributed by atoms with Crippen LogP contribution in [-0.2, 0) is 0 Å². The zero-order valence-corrected chi connectivity index (χ0v) is 9.82. The molecule has 0 saturated heterocycles. The Morgan fingerprint density at radius 1 is 0.950 bits per heavy atom. The van der Waals surface area contributed by atoms with Crippen LogP contribution in [0.15, 0.2) is 30.3 Å². The molecular weight excluding hydrogens is 275 g/mol. The van der Waals surface area contributed by atoms with Gasteiger partial charge in [-0.15, -0.1) is 0 Å². The van der Waals surface area contributed by atoms with Gasteiger partial charge in [-0.05, 0) is 30.3 Å².